The van der Waals surface area contributed by atoms with E-state index in [-0.39, 0.29) is 5.91 Å². The standard InChI is InChI=1S/C20H25N5O/c1-16-4-6-17(7-5-16)20(26)25-14-12-24(13-15-25)19-9-8-18(21-22-19)23-10-2-3-11-23/h4-9H,2-3,10-15H2,1H3. The monoisotopic (exact) mass is 351 g/mol. The Bertz CT molecular complexity index is 745. The fraction of sp³-hybridized carbons (Fsp3) is 0.450. The minimum Gasteiger partial charge on any atom is -0.355 e. The van der Waals surface area contributed by atoms with Crippen molar-refractivity contribution in [3.05, 3.63) is 47.5 Å². The molecule has 2 fully saturated rings. The van der Waals surface area contributed by atoms with E-state index >= 15 is 0 Å². The summed E-state index contributed by atoms with van der Waals surface area (Å²) in [6, 6.07) is 11.9. The van der Waals surface area contributed by atoms with Crippen molar-refractivity contribution in [3.63, 3.8) is 0 Å². The molecule has 1 aromatic heterocycles. The molecule has 3 heterocycles. The first kappa shape index (κ1) is 16.8. The van der Waals surface area contributed by atoms with Crippen molar-refractivity contribution in [1.82, 2.24) is 15.1 Å². The Kier molecular flexibility index (Phi) is 4.73. The third-order valence-corrected chi connectivity index (χ3v) is 5.26. The number of aryl methyl sites for hydroxylation is 1. The van der Waals surface area contributed by atoms with Crippen molar-refractivity contribution in [1.29, 1.82) is 0 Å². The number of aromatic nitrogens is 2. The molecule has 1 aromatic carbocycles. The van der Waals surface area contributed by atoms with Crippen LogP contribution in [0.4, 0.5) is 11.6 Å². The van der Waals surface area contributed by atoms with Crippen LogP contribution in [0, 0.1) is 6.92 Å². The zero-order chi connectivity index (χ0) is 17.9. The number of carbonyl (C=O) groups excluding carboxylic acids is 1. The van der Waals surface area contributed by atoms with Gasteiger partial charge in [-0.1, -0.05) is 17.7 Å². The van der Waals surface area contributed by atoms with Crippen LogP contribution >= 0.6 is 0 Å². The third-order valence-electron chi connectivity index (χ3n) is 5.26. The van der Waals surface area contributed by atoms with Gasteiger partial charge in [0.25, 0.3) is 5.91 Å². The minimum absolute atomic E-state index is 0.111. The lowest BCUT2D eigenvalue weighted by atomic mass is 10.1. The molecule has 6 nitrogen and oxygen atoms in total. The van der Waals surface area contributed by atoms with Crippen molar-refractivity contribution >= 4 is 17.5 Å². The molecule has 0 spiro atoms. The van der Waals surface area contributed by atoms with Crippen LogP contribution in [0.25, 0.3) is 0 Å². The SMILES string of the molecule is Cc1ccc(C(=O)N2CCN(c3ccc(N4CCCC4)nn3)CC2)cc1. The highest BCUT2D eigenvalue weighted by Gasteiger charge is 2.23. The summed E-state index contributed by atoms with van der Waals surface area (Å²) >= 11 is 0. The van der Waals surface area contributed by atoms with Crippen molar-refractivity contribution in [3.8, 4) is 0 Å². The van der Waals surface area contributed by atoms with E-state index in [9.17, 15) is 4.79 Å². The second kappa shape index (κ2) is 7.32. The van der Waals surface area contributed by atoms with Crippen molar-refractivity contribution in [2.24, 2.45) is 0 Å². The van der Waals surface area contributed by atoms with Crippen LogP contribution in [0.1, 0.15) is 28.8 Å². The normalized spacial score (nSPS) is 17.7. The number of benzene rings is 1. The van der Waals surface area contributed by atoms with Gasteiger partial charge in [-0.25, -0.2) is 0 Å². The summed E-state index contributed by atoms with van der Waals surface area (Å²) < 4.78 is 0. The highest BCUT2D eigenvalue weighted by atomic mass is 16.2. The van der Waals surface area contributed by atoms with Gasteiger partial charge in [-0.05, 0) is 44.0 Å². The fourth-order valence-corrected chi connectivity index (χ4v) is 3.62. The molecular weight excluding hydrogens is 326 g/mol. The highest BCUT2D eigenvalue weighted by Crippen LogP contribution is 2.20. The Morgan fingerprint density at radius 1 is 0.769 bits per heavy atom. The number of anilines is 2. The molecule has 6 heteroatoms. The van der Waals surface area contributed by atoms with Crippen molar-refractivity contribution < 1.29 is 4.79 Å². The van der Waals surface area contributed by atoms with E-state index < -0.39 is 0 Å². The Morgan fingerprint density at radius 2 is 1.31 bits per heavy atom. The quantitative estimate of drug-likeness (QED) is 0.850. The summed E-state index contributed by atoms with van der Waals surface area (Å²) in [5.74, 6) is 1.98. The average Bonchev–Trinajstić information content (AvgIpc) is 3.23. The summed E-state index contributed by atoms with van der Waals surface area (Å²) in [6.07, 6.45) is 2.47. The third kappa shape index (κ3) is 3.49. The average molecular weight is 351 g/mol. The predicted octanol–water partition coefficient (Wildman–Crippen LogP) is 2.35. The first-order valence-electron chi connectivity index (χ1n) is 9.40. The van der Waals surface area contributed by atoms with E-state index in [0.29, 0.717) is 13.1 Å². The minimum atomic E-state index is 0.111. The molecule has 0 N–H and O–H groups in total. The topological polar surface area (TPSA) is 52.6 Å². The van der Waals surface area contributed by atoms with E-state index in [1.165, 1.54) is 18.4 Å². The second-order valence-corrected chi connectivity index (χ2v) is 7.09. The lowest BCUT2D eigenvalue weighted by molar-refractivity contribution is 0.0746. The van der Waals surface area contributed by atoms with Gasteiger partial charge in [0, 0.05) is 44.8 Å². The Hall–Kier alpha value is -2.63. The molecule has 0 bridgehead atoms. The van der Waals surface area contributed by atoms with Gasteiger partial charge < -0.3 is 14.7 Å². The first-order valence-corrected chi connectivity index (χ1v) is 9.40. The maximum absolute atomic E-state index is 12.6. The van der Waals surface area contributed by atoms with Gasteiger partial charge in [-0.3, -0.25) is 4.79 Å². The largest absolute Gasteiger partial charge is 0.355 e. The molecule has 2 aliphatic rings. The number of hydrogen-bond acceptors (Lipinski definition) is 5. The number of amides is 1. The molecule has 136 valence electrons. The summed E-state index contributed by atoms with van der Waals surface area (Å²) in [4.78, 5) is 19.0. The number of carbonyl (C=O) groups is 1. The molecule has 0 unspecified atom stereocenters. The van der Waals surface area contributed by atoms with E-state index in [0.717, 1.165) is 43.4 Å². The van der Waals surface area contributed by atoms with Gasteiger partial charge in [0.15, 0.2) is 11.6 Å². The molecule has 0 aliphatic carbocycles. The van der Waals surface area contributed by atoms with Crippen LogP contribution < -0.4 is 9.80 Å². The molecule has 4 rings (SSSR count). The number of nitrogens with zero attached hydrogens (tertiary/aromatic N) is 5. The van der Waals surface area contributed by atoms with Gasteiger partial charge in [-0.15, -0.1) is 10.2 Å². The van der Waals surface area contributed by atoms with Gasteiger partial charge in [0.2, 0.25) is 0 Å². The van der Waals surface area contributed by atoms with Crippen LogP contribution in [0.2, 0.25) is 0 Å². The second-order valence-electron chi connectivity index (χ2n) is 7.09. The Morgan fingerprint density at radius 3 is 1.85 bits per heavy atom. The van der Waals surface area contributed by atoms with Crippen molar-refractivity contribution in [2.45, 2.75) is 19.8 Å². The maximum atomic E-state index is 12.6. The zero-order valence-corrected chi connectivity index (χ0v) is 15.3. The fourth-order valence-electron chi connectivity index (χ4n) is 3.62. The number of rotatable bonds is 3. The maximum Gasteiger partial charge on any atom is 0.253 e. The molecule has 26 heavy (non-hydrogen) atoms. The van der Waals surface area contributed by atoms with Gasteiger partial charge >= 0.3 is 0 Å². The van der Waals surface area contributed by atoms with Gasteiger partial charge in [0.1, 0.15) is 0 Å². The summed E-state index contributed by atoms with van der Waals surface area (Å²) in [6.45, 7) is 7.18. The molecule has 0 saturated carbocycles. The van der Waals surface area contributed by atoms with Gasteiger partial charge in [0.05, 0.1) is 0 Å². The van der Waals surface area contributed by atoms with E-state index in [2.05, 4.69) is 32.1 Å². The molecule has 2 aromatic rings. The molecule has 0 atom stereocenters. The highest BCUT2D eigenvalue weighted by molar-refractivity contribution is 5.94. The molecule has 2 aliphatic heterocycles. The molecule has 2 saturated heterocycles. The van der Waals surface area contributed by atoms with Gasteiger partial charge in [-0.2, -0.15) is 0 Å². The number of hydrogen-bond donors (Lipinski definition) is 0. The zero-order valence-electron chi connectivity index (χ0n) is 15.3. The predicted molar refractivity (Wildman–Crippen MR) is 103 cm³/mol. The summed E-state index contributed by atoms with van der Waals surface area (Å²) in [5.41, 5.74) is 1.93. The summed E-state index contributed by atoms with van der Waals surface area (Å²) in [7, 11) is 0. The van der Waals surface area contributed by atoms with Crippen molar-refractivity contribution in [2.75, 3.05) is 49.1 Å². The van der Waals surface area contributed by atoms with E-state index in [4.69, 9.17) is 0 Å². The van der Waals surface area contributed by atoms with Crippen LogP contribution in [-0.2, 0) is 0 Å². The molecular formula is C20H25N5O. The van der Waals surface area contributed by atoms with E-state index in [1.54, 1.807) is 0 Å². The van der Waals surface area contributed by atoms with Crippen LogP contribution in [0.3, 0.4) is 0 Å². The smallest absolute Gasteiger partial charge is 0.253 e. The van der Waals surface area contributed by atoms with E-state index in [1.807, 2.05) is 36.1 Å². The Balaban J connectivity index is 1.35. The molecule has 1 amide bonds. The Labute approximate surface area is 154 Å². The number of piperazine rings is 1. The van der Waals surface area contributed by atoms with Crippen LogP contribution in [0.5, 0.6) is 0 Å². The van der Waals surface area contributed by atoms with Crippen LogP contribution in [-0.4, -0.2) is 60.3 Å². The van der Waals surface area contributed by atoms with Crippen LogP contribution in [0.15, 0.2) is 36.4 Å². The first-order chi connectivity index (χ1) is 12.7. The lowest BCUT2D eigenvalue weighted by Gasteiger charge is -2.35. The molecule has 0 radical (unpaired) electrons. The lowest BCUT2D eigenvalue weighted by Crippen LogP contribution is -2.49. The summed E-state index contributed by atoms with van der Waals surface area (Å²) in [5, 5.41) is 8.82.